The Bertz CT molecular complexity index is 1990. The Morgan fingerprint density at radius 3 is 1.00 bits per heavy atom. The molecule has 0 bridgehead atoms. The topological polar surface area (TPSA) is 307 Å². The van der Waals surface area contributed by atoms with Crippen molar-refractivity contribution in [1.29, 1.82) is 0 Å². The van der Waals surface area contributed by atoms with Crippen LogP contribution < -0.4 is 5.32 Å². The first-order valence-electron chi connectivity index (χ1n) is 40.9. The van der Waals surface area contributed by atoms with Gasteiger partial charge >= 0.3 is 0 Å². The summed E-state index contributed by atoms with van der Waals surface area (Å²) in [5.74, 6) is -0.284. The van der Waals surface area contributed by atoms with Crippen LogP contribution in [0.5, 0.6) is 0 Å². The molecule has 17 unspecified atom stereocenters. The van der Waals surface area contributed by atoms with Crippen molar-refractivity contribution in [3.63, 3.8) is 0 Å². The zero-order valence-corrected chi connectivity index (χ0v) is 62.7. The minimum Gasteiger partial charge on any atom is -0.394 e. The van der Waals surface area contributed by atoms with Gasteiger partial charge in [-0.1, -0.05) is 300 Å². The minimum absolute atomic E-state index is 0.234. The van der Waals surface area contributed by atoms with Gasteiger partial charge in [-0.15, -0.1) is 0 Å². The molecule has 3 saturated heterocycles. The Morgan fingerprint density at radius 1 is 0.350 bits per heavy atom. The summed E-state index contributed by atoms with van der Waals surface area (Å²) in [5.41, 5.74) is 0. The second-order valence-electron chi connectivity index (χ2n) is 29.2. The van der Waals surface area contributed by atoms with Gasteiger partial charge < -0.3 is 89.9 Å². The molecule has 3 aliphatic heterocycles. The van der Waals surface area contributed by atoms with Gasteiger partial charge in [-0.3, -0.25) is 4.79 Å². The lowest BCUT2D eigenvalue weighted by atomic mass is 9.96. The van der Waals surface area contributed by atoms with Gasteiger partial charge in [0.2, 0.25) is 5.91 Å². The number of carbonyl (C=O) groups is 1. The van der Waals surface area contributed by atoms with Crippen LogP contribution in [0.3, 0.4) is 0 Å². The van der Waals surface area contributed by atoms with E-state index >= 15 is 0 Å². The third-order valence-electron chi connectivity index (χ3n) is 20.3. The Labute approximate surface area is 605 Å². The normalized spacial score (nSPS) is 26.7. The summed E-state index contributed by atoms with van der Waals surface area (Å²) in [6, 6.07) is -0.998. The van der Waals surface area contributed by atoms with Crippen LogP contribution in [0, 0.1) is 0 Å². The van der Waals surface area contributed by atoms with Crippen LogP contribution in [0.2, 0.25) is 0 Å². The lowest BCUT2D eigenvalue weighted by Gasteiger charge is -2.48. The highest BCUT2D eigenvalue weighted by molar-refractivity contribution is 5.76. The van der Waals surface area contributed by atoms with Gasteiger partial charge in [0.1, 0.15) is 73.2 Å². The number of ether oxygens (including phenoxy) is 6. The number of allylic oxidation sites excluding steroid dienone is 7. The number of aliphatic hydroxyl groups excluding tert-OH is 11. The molecule has 0 aromatic heterocycles. The van der Waals surface area contributed by atoms with E-state index in [0.717, 1.165) is 44.9 Å². The summed E-state index contributed by atoms with van der Waals surface area (Å²) >= 11 is 0. The average molecular weight is 1430 g/mol. The predicted molar refractivity (Wildman–Crippen MR) is 397 cm³/mol. The third kappa shape index (κ3) is 41.6. The van der Waals surface area contributed by atoms with E-state index in [1.165, 1.54) is 250 Å². The van der Waals surface area contributed by atoms with Crippen LogP contribution in [0.4, 0.5) is 0 Å². The maximum atomic E-state index is 13.5. The first kappa shape index (κ1) is 92.0. The number of hydrogen-bond donors (Lipinski definition) is 12. The third-order valence-corrected chi connectivity index (χ3v) is 20.3. The van der Waals surface area contributed by atoms with E-state index in [0.29, 0.717) is 12.8 Å². The van der Waals surface area contributed by atoms with Crippen LogP contribution in [-0.4, -0.2) is 193 Å². The highest BCUT2D eigenvalue weighted by Gasteiger charge is 2.54. The molecule has 0 spiro atoms. The molecule has 0 radical (unpaired) electrons. The van der Waals surface area contributed by atoms with E-state index in [9.17, 15) is 61.0 Å². The first-order chi connectivity index (χ1) is 48.8. The Hall–Kier alpha value is -2.25. The molecular formula is C81H149NO18. The molecule has 19 nitrogen and oxygen atoms in total. The predicted octanol–water partition coefficient (Wildman–Crippen LogP) is 13.7. The molecule has 0 aromatic carbocycles. The van der Waals surface area contributed by atoms with Crippen molar-refractivity contribution >= 4 is 5.91 Å². The highest BCUT2D eigenvalue weighted by atomic mass is 16.8. The molecule has 17 atom stereocenters. The molecule has 0 aromatic rings. The van der Waals surface area contributed by atoms with Crippen LogP contribution in [0.1, 0.15) is 328 Å². The smallest absolute Gasteiger partial charge is 0.220 e. The van der Waals surface area contributed by atoms with Gasteiger partial charge in [0.15, 0.2) is 18.9 Å². The number of rotatable bonds is 65. The maximum absolute atomic E-state index is 13.5. The van der Waals surface area contributed by atoms with E-state index in [2.05, 4.69) is 55.6 Å². The monoisotopic (exact) mass is 1420 g/mol. The fraction of sp³-hybridized carbons (Fsp3) is 0.889. The van der Waals surface area contributed by atoms with Crippen molar-refractivity contribution in [3.05, 3.63) is 48.6 Å². The second-order valence-corrected chi connectivity index (χ2v) is 29.2. The minimum atomic E-state index is -1.98. The number of hydrogen-bond acceptors (Lipinski definition) is 18. The molecule has 3 fully saturated rings. The maximum Gasteiger partial charge on any atom is 0.220 e. The van der Waals surface area contributed by atoms with Gasteiger partial charge in [-0.25, -0.2) is 0 Å². The van der Waals surface area contributed by atoms with E-state index in [1.54, 1.807) is 6.08 Å². The SMILES string of the molecule is CCCCCCCCCC/C=C\CCCCCCCCCCCCCCCCCCCC(=O)NC(COC1OC(CO)C(OC2OC(CO)C(OC3OC(CO)C(O)C(O)C3O)C(O)C2O)C(O)C1O)C(O)/C=C/CC/C=C/CC/C=C/CCCCCCCCCCCCCCCCCC. The summed E-state index contributed by atoms with van der Waals surface area (Å²) in [6.07, 6.45) is 51.1. The van der Waals surface area contributed by atoms with Crippen molar-refractivity contribution in [1.82, 2.24) is 5.32 Å². The summed E-state index contributed by atoms with van der Waals surface area (Å²) in [5, 5.41) is 121. The number of nitrogens with one attached hydrogen (secondary N) is 1. The van der Waals surface area contributed by atoms with E-state index < -0.39 is 124 Å². The van der Waals surface area contributed by atoms with E-state index in [4.69, 9.17) is 28.4 Å². The Kier molecular flexibility index (Phi) is 56.9. The number of amides is 1. The van der Waals surface area contributed by atoms with Gasteiger partial charge in [-0.2, -0.15) is 0 Å². The van der Waals surface area contributed by atoms with Crippen molar-refractivity contribution in [2.75, 3.05) is 26.4 Å². The van der Waals surface area contributed by atoms with Crippen LogP contribution >= 0.6 is 0 Å². The Morgan fingerprint density at radius 2 is 0.640 bits per heavy atom. The lowest BCUT2D eigenvalue weighted by molar-refractivity contribution is -0.379. The van der Waals surface area contributed by atoms with Crippen LogP contribution in [0.15, 0.2) is 48.6 Å². The Balaban J connectivity index is 1.39. The van der Waals surface area contributed by atoms with E-state index in [-0.39, 0.29) is 18.9 Å². The molecule has 3 rings (SSSR count). The molecule has 0 aliphatic carbocycles. The lowest BCUT2D eigenvalue weighted by Crippen LogP contribution is -2.66. The fourth-order valence-corrected chi connectivity index (χ4v) is 13.8. The summed E-state index contributed by atoms with van der Waals surface area (Å²) in [6.45, 7) is 1.76. The largest absolute Gasteiger partial charge is 0.394 e. The standard InChI is InChI=1S/C81H149NO18/c1-3-5-7-9-11-13-15-17-19-21-23-25-27-29-31-32-33-35-37-39-41-43-45-47-49-51-53-55-57-59-69(87)82-64(65(86)58-56-54-52-50-48-46-44-42-40-38-36-34-30-28-26-24-22-20-18-16-14-12-10-8-6-4-2)63-95-79-75(93)72(90)77(67(61-84)97-79)100-81-76(94)73(91)78(68(62-85)98-81)99-80-74(92)71(89)70(88)66(60-83)96-80/h21,23,40,42,48,50,56,58,64-68,70-81,83-86,88-94H,3-20,22,24-39,41,43-47,49,51-55,57,59-63H2,1-2H3,(H,82,87)/b23-21-,42-40+,50-48+,58-56+. The van der Waals surface area contributed by atoms with E-state index in [1.807, 2.05) is 6.08 Å². The summed E-state index contributed by atoms with van der Waals surface area (Å²) < 4.78 is 34.4. The van der Waals surface area contributed by atoms with Crippen molar-refractivity contribution in [2.24, 2.45) is 0 Å². The number of carbonyl (C=O) groups excluding carboxylic acids is 1. The summed E-state index contributed by atoms with van der Waals surface area (Å²) in [7, 11) is 0. The van der Waals surface area contributed by atoms with Crippen molar-refractivity contribution < 1.29 is 89.4 Å². The average Bonchev–Trinajstić information content (AvgIpc) is 0.783. The van der Waals surface area contributed by atoms with Crippen LogP contribution in [-0.2, 0) is 33.2 Å². The second kappa shape index (κ2) is 61.9. The first-order valence-corrected chi connectivity index (χ1v) is 40.9. The van der Waals surface area contributed by atoms with Gasteiger partial charge in [-0.05, 0) is 70.6 Å². The zero-order chi connectivity index (χ0) is 72.5. The highest BCUT2D eigenvalue weighted by Crippen LogP contribution is 2.33. The van der Waals surface area contributed by atoms with Gasteiger partial charge in [0, 0.05) is 6.42 Å². The molecule has 3 aliphatic rings. The molecule has 1 amide bonds. The molecule has 19 heteroatoms. The molecular weight excluding hydrogens is 1270 g/mol. The van der Waals surface area contributed by atoms with Crippen molar-refractivity contribution in [3.8, 4) is 0 Å². The molecule has 12 N–H and O–H groups in total. The number of aliphatic hydroxyl groups is 11. The molecule has 0 saturated carbocycles. The van der Waals surface area contributed by atoms with Crippen LogP contribution in [0.25, 0.3) is 0 Å². The zero-order valence-electron chi connectivity index (χ0n) is 62.7. The quantitative estimate of drug-likeness (QED) is 0.0199. The van der Waals surface area contributed by atoms with Gasteiger partial charge in [0.25, 0.3) is 0 Å². The fourth-order valence-electron chi connectivity index (χ4n) is 13.8. The molecule has 586 valence electrons. The van der Waals surface area contributed by atoms with Gasteiger partial charge in [0.05, 0.1) is 38.6 Å². The van der Waals surface area contributed by atoms with Crippen molar-refractivity contribution in [2.45, 2.75) is 433 Å². The number of unbranched alkanes of at least 4 members (excludes halogenated alkanes) is 43. The summed E-state index contributed by atoms with van der Waals surface area (Å²) in [4.78, 5) is 13.5. The molecule has 3 heterocycles. The molecule has 100 heavy (non-hydrogen) atoms.